The first-order valence-electron chi connectivity index (χ1n) is 26.9. The maximum absolute atomic E-state index is 12.9. The van der Waals surface area contributed by atoms with Gasteiger partial charge in [-0.3, -0.25) is 24.0 Å². The molecule has 0 amide bonds. The zero-order valence-electron chi connectivity index (χ0n) is 51.4. The Morgan fingerprint density at radius 2 is 0.787 bits per heavy atom. The third kappa shape index (κ3) is 39.8. The minimum atomic E-state index is -0.752. The second-order valence-electron chi connectivity index (χ2n) is 22.1. The summed E-state index contributed by atoms with van der Waals surface area (Å²) in [5, 5.41) is 0. The highest BCUT2D eigenvalue weighted by atomic mass is 16.6. The van der Waals surface area contributed by atoms with E-state index in [4.69, 9.17) is 23.7 Å². The Kier molecular flexibility index (Phi) is 40.7. The Morgan fingerprint density at radius 1 is 0.467 bits per heavy atom. The average Bonchev–Trinajstić information content (AvgIpc) is 3.31. The van der Waals surface area contributed by atoms with Gasteiger partial charge in [0.05, 0.1) is 11.3 Å². The van der Waals surface area contributed by atoms with Crippen molar-refractivity contribution in [3.05, 3.63) is 121 Å². The van der Waals surface area contributed by atoms with Gasteiger partial charge >= 0.3 is 23.9 Å². The number of hydrogen-bond donors (Lipinski definition) is 0. The normalized spacial score (nSPS) is 14.3. The molecule has 0 aliphatic rings. The molecule has 0 heterocycles. The molecule has 0 aromatic heterocycles. The van der Waals surface area contributed by atoms with E-state index >= 15 is 0 Å². The first-order valence-corrected chi connectivity index (χ1v) is 26.9. The number of ether oxygens (including phenoxy) is 5. The number of carbonyl (C=O) groups is 5. The van der Waals surface area contributed by atoms with Gasteiger partial charge in [0.1, 0.15) is 28.5 Å². The first kappa shape index (κ1) is 76.3. The third-order valence-electron chi connectivity index (χ3n) is 12.1. The van der Waals surface area contributed by atoms with Gasteiger partial charge in [-0.05, 0) is 212 Å². The van der Waals surface area contributed by atoms with Gasteiger partial charge in [-0.1, -0.05) is 118 Å². The van der Waals surface area contributed by atoms with E-state index in [1.54, 1.807) is 38.2 Å². The minimum Gasteiger partial charge on any atom is -0.460 e. The molecular weight excluding hydrogens is 941 g/mol. The van der Waals surface area contributed by atoms with Crippen molar-refractivity contribution < 1.29 is 47.7 Å². The zero-order valence-corrected chi connectivity index (χ0v) is 51.4. The van der Waals surface area contributed by atoms with E-state index in [0.717, 1.165) is 56.1 Å². The maximum atomic E-state index is 12.9. The lowest BCUT2D eigenvalue weighted by molar-refractivity contribution is -0.163. The summed E-state index contributed by atoms with van der Waals surface area (Å²) in [7, 11) is 0. The fraction of sp³-hybridized carbons (Fsp3) is 0.615. The first-order chi connectivity index (χ1) is 34.5. The van der Waals surface area contributed by atoms with Gasteiger partial charge in [-0.15, -0.1) is 0 Å². The van der Waals surface area contributed by atoms with Crippen LogP contribution in [0.3, 0.4) is 0 Å². The molecule has 10 nitrogen and oxygen atoms in total. The van der Waals surface area contributed by atoms with E-state index in [1.165, 1.54) is 22.3 Å². The van der Waals surface area contributed by atoms with Crippen molar-refractivity contribution in [1.29, 1.82) is 0 Å². The van der Waals surface area contributed by atoms with Gasteiger partial charge in [0.15, 0.2) is 0 Å². The lowest BCUT2D eigenvalue weighted by Crippen LogP contribution is -2.37. The van der Waals surface area contributed by atoms with E-state index in [0.29, 0.717) is 38.6 Å². The molecule has 0 aliphatic heterocycles. The van der Waals surface area contributed by atoms with Crippen LogP contribution in [0.5, 0.6) is 0 Å². The topological polar surface area (TPSA) is 132 Å². The quantitative estimate of drug-likeness (QED) is 0.0286. The Bertz CT molecular complexity index is 1900. The van der Waals surface area contributed by atoms with Crippen LogP contribution in [0.1, 0.15) is 222 Å². The molecule has 0 saturated heterocycles. The fourth-order valence-corrected chi connectivity index (χ4v) is 6.23. The van der Waals surface area contributed by atoms with Crippen LogP contribution in [0.4, 0.5) is 0 Å². The predicted molar refractivity (Wildman–Crippen MR) is 316 cm³/mol. The number of esters is 4. The highest BCUT2D eigenvalue weighted by Gasteiger charge is 2.36. The Hall–Kier alpha value is -5.25. The van der Waals surface area contributed by atoms with Crippen molar-refractivity contribution in [3.63, 3.8) is 0 Å². The Balaban J connectivity index is -0.000000472. The maximum Gasteiger partial charge on any atom is 0.316 e. The molecule has 0 aromatic rings. The molecular formula is C65H108O10. The minimum absolute atomic E-state index is 0.0947. The van der Waals surface area contributed by atoms with Gasteiger partial charge in [-0.25, -0.2) is 0 Å². The molecule has 428 valence electrons. The predicted octanol–water partition coefficient (Wildman–Crippen LogP) is 17.6. The van der Waals surface area contributed by atoms with Crippen LogP contribution in [-0.2, 0) is 47.7 Å². The summed E-state index contributed by atoms with van der Waals surface area (Å²) in [5.41, 5.74) is 4.05. The molecule has 0 aromatic carbocycles. The number of rotatable bonds is 31. The molecule has 0 rings (SSSR count). The van der Waals surface area contributed by atoms with Crippen molar-refractivity contribution in [2.45, 2.75) is 251 Å². The molecule has 0 N–H and O–H groups in total. The third-order valence-corrected chi connectivity index (χ3v) is 12.1. The lowest BCUT2D eigenvalue weighted by atomic mass is 9.84. The molecule has 5 atom stereocenters. The van der Waals surface area contributed by atoms with Gasteiger partial charge in [0.2, 0.25) is 0 Å². The Morgan fingerprint density at radius 3 is 1.05 bits per heavy atom. The molecule has 10 heteroatoms. The summed E-state index contributed by atoms with van der Waals surface area (Å²) in [6.07, 6.45) is 27.9. The molecule has 0 bridgehead atoms. The molecule has 0 aliphatic carbocycles. The fourth-order valence-electron chi connectivity index (χ4n) is 6.23. The van der Waals surface area contributed by atoms with Crippen molar-refractivity contribution in [2.24, 2.45) is 11.3 Å². The van der Waals surface area contributed by atoms with Crippen LogP contribution >= 0.6 is 0 Å². The molecule has 0 saturated carbocycles. The summed E-state index contributed by atoms with van der Waals surface area (Å²) in [4.78, 5) is 57.5. The number of hydrogen-bond acceptors (Lipinski definition) is 10. The monoisotopic (exact) mass is 1050 g/mol. The van der Waals surface area contributed by atoms with Crippen LogP contribution < -0.4 is 0 Å². The summed E-state index contributed by atoms with van der Waals surface area (Å²) < 4.78 is 27.1. The summed E-state index contributed by atoms with van der Waals surface area (Å²) >= 11 is 0. The van der Waals surface area contributed by atoms with Crippen LogP contribution in [0.2, 0.25) is 0 Å². The summed E-state index contributed by atoms with van der Waals surface area (Å²) in [6.45, 7) is 56.4. The molecule has 0 spiro atoms. The number of carbonyl (C=O) groups excluding carboxylic acids is 5. The van der Waals surface area contributed by atoms with Crippen molar-refractivity contribution in [2.75, 3.05) is 0 Å². The largest absolute Gasteiger partial charge is 0.460 e. The smallest absolute Gasteiger partial charge is 0.316 e. The second kappa shape index (κ2) is 40.1. The van der Waals surface area contributed by atoms with E-state index in [-0.39, 0.29) is 35.9 Å². The van der Waals surface area contributed by atoms with E-state index in [2.05, 4.69) is 106 Å². The van der Waals surface area contributed by atoms with Crippen LogP contribution in [-0.4, -0.2) is 58.9 Å². The Labute approximate surface area is 459 Å². The van der Waals surface area contributed by atoms with E-state index < -0.39 is 27.8 Å². The molecule has 5 unspecified atom stereocenters. The standard InChI is InChI=1S/C25H40O4.C14H24O2.2C13H22O2/c1-10-25(9,16-12-13-19(2)3)29-23(27)24(7,8)21(6)14-11-15-22(28-18-26)17-20(4)5;1-7-14(6,10-8-9-11(2)3)16-13(15)12(4)5;2*1-6-12(14)15-13(5,7-2)10-8-9-11(3)4/h10,13-14,17-18,22H,1,11-12,15-16H2,2-9H3;7,9,12H,1,8,10H2,2-6H3;2*7,9H,2,6,8,10H2,1,3-5H3. The molecule has 0 fully saturated rings. The van der Waals surface area contributed by atoms with Crippen molar-refractivity contribution >= 4 is 30.3 Å². The summed E-state index contributed by atoms with van der Waals surface area (Å²) in [5.74, 6) is -0.873. The van der Waals surface area contributed by atoms with E-state index in [9.17, 15) is 24.0 Å². The molecule has 0 radical (unpaired) electrons. The summed E-state index contributed by atoms with van der Waals surface area (Å²) in [6, 6.07) is 0. The number of allylic oxidation sites excluding steroid dienone is 10. The van der Waals surface area contributed by atoms with Crippen LogP contribution in [0.15, 0.2) is 121 Å². The highest BCUT2D eigenvalue weighted by Crippen LogP contribution is 2.32. The van der Waals surface area contributed by atoms with Gasteiger partial charge < -0.3 is 23.7 Å². The van der Waals surface area contributed by atoms with Crippen LogP contribution in [0.25, 0.3) is 0 Å². The zero-order chi connectivity index (χ0) is 59.2. The SMILES string of the molecule is C=CC(C)(CCC=C(C)C)OC(=O)C(C)(C)C(C)=CCCC(C=C(C)C)OC=O.C=CC(C)(CCC=C(C)C)OC(=O)C(C)C.C=CC(C)(CCC=C(C)C)OC(=O)CC.C=CC(C)(CCC=C(C)C)OC(=O)CC. The van der Waals surface area contributed by atoms with Crippen LogP contribution in [0, 0.1) is 11.3 Å². The van der Waals surface area contributed by atoms with Crippen molar-refractivity contribution in [3.8, 4) is 0 Å². The van der Waals surface area contributed by atoms with Gasteiger partial charge in [-0.2, -0.15) is 0 Å². The van der Waals surface area contributed by atoms with Crippen molar-refractivity contribution in [1.82, 2.24) is 0 Å². The van der Waals surface area contributed by atoms with E-state index in [1.807, 2.05) is 88.3 Å². The average molecular weight is 1050 g/mol. The highest BCUT2D eigenvalue weighted by molar-refractivity contribution is 5.80. The van der Waals surface area contributed by atoms with Gasteiger partial charge in [0.25, 0.3) is 6.47 Å². The van der Waals surface area contributed by atoms with Gasteiger partial charge in [0, 0.05) is 12.8 Å². The lowest BCUT2D eigenvalue weighted by Gasteiger charge is -2.32. The molecule has 75 heavy (non-hydrogen) atoms. The second-order valence-corrected chi connectivity index (χ2v) is 22.1.